The Kier molecular flexibility index (Phi) is 6.96. The van der Waals surface area contributed by atoms with Crippen LogP contribution < -0.4 is 14.2 Å². The van der Waals surface area contributed by atoms with Gasteiger partial charge in [-0.15, -0.1) is 0 Å². The zero-order valence-electron chi connectivity index (χ0n) is 24.1. The molecule has 0 spiro atoms. The summed E-state index contributed by atoms with van der Waals surface area (Å²) < 4.78 is 37.1. The lowest BCUT2D eigenvalue weighted by molar-refractivity contribution is -0.145. The van der Waals surface area contributed by atoms with Crippen molar-refractivity contribution in [3.63, 3.8) is 0 Å². The molecule has 3 aliphatic heterocycles. The van der Waals surface area contributed by atoms with Crippen molar-refractivity contribution in [3.8, 4) is 17.2 Å². The summed E-state index contributed by atoms with van der Waals surface area (Å²) in [6.07, 6.45) is 6.54. The summed E-state index contributed by atoms with van der Waals surface area (Å²) in [5.41, 5.74) is 4.45. The van der Waals surface area contributed by atoms with Crippen LogP contribution in [0.2, 0.25) is 0 Å². The first kappa shape index (κ1) is 26.8. The van der Waals surface area contributed by atoms with Crippen LogP contribution in [0.3, 0.4) is 0 Å². The summed E-state index contributed by atoms with van der Waals surface area (Å²) in [6.45, 7) is 7.85. The highest BCUT2D eigenvalue weighted by Gasteiger charge is 2.53. The van der Waals surface area contributed by atoms with Gasteiger partial charge in [0.15, 0.2) is 11.5 Å². The smallest absolute Gasteiger partial charge is 0.310 e. The fraction of sp³-hybridized carbons (Fsp3) is 0.559. The molecule has 7 rings (SSSR count). The van der Waals surface area contributed by atoms with Crippen LogP contribution in [-0.4, -0.2) is 50.0 Å². The van der Waals surface area contributed by atoms with Gasteiger partial charge in [0.25, 0.3) is 0 Å². The van der Waals surface area contributed by atoms with E-state index in [1.165, 1.54) is 24.8 Å². The fourth-order valence-corrected chi connectivity index (χ4v) is 8.36. The summed E-state index contributed by atoms with van der Waals surface area (Å²) >= 11 is 0. The predicted octanol–water partition coefficient (Wildman–Crippen LogP) is 6.50. The summed E-state index contributed by atoms with van der Waals surface area (Å²) in [4.78, 5) is 15.7. The average molecular weight is 562 g/mol. The van der Waals surface area contributed by atoms with Crippen molar-refractivity contribution in [2.45, 2.75) is 64.4 Å². The van der Waals surface area contributed by atoms with Gasteiger partial charge in [-0.3, -0.25) is 4.79 Å². The molecule has 5 aliphatic rings. The van der Waals surface area contributed by atoms with E-state index >= 15 is 0 Å². The molecular formula is C34H40FNO5. The van der Waals surface area contributed by atoms with Gasteiger partial charge in [0.05, 0.1) is 12.5 Å². The summed E-state index contributed by atoms with van der Waals surface area (Å²) in [5.74, 6) is 2.53. The lowest BCUT2D eigenvalue weighted by Crippen LogP contribution is -2.46. The van der Waals surface area contributed by atoms with E-state index in [9.17, 15) is 9.18 Å². The van der Waals surface area contributed by atoms with Crippen LogP contribution in [0, 0.1) is 29.0 Å². The Labute approximate surface area is 241 Å². The van der Waals surface area contributed by atoms with Crippen molar-refractivity contribution < 1.29 is 28.1 Å². The molecule has 6 nitrogen and oxygen atoms in total. The third-order valence-electron chi connectivity index (χ3n) is 10.6. The number of benzene rings is 2. The first-order valence-corrected chi connectivity index (χ1v) is 15.3. The van der Waals surface area contributed by atoms with Crippen LogP contribution in [0.5, 0.6) is 17.2 Å². The number of esters is 1. The molecule has 1 saturated carbocycles. The number of carbonyl (C=O) groups excluding carboxylic acids is 1. The molecule has 41 heavy (non-hydrogen) atoms. The van der Waals surface area contributed by atoms with Gasteiger partial charge in [-0.05, 0) is 93.2 Å². The van der Waals surface area contributed by atoms with E-state index in [2.05, 4.69) is 18.7 Å². The van der Waals surface area contributed by atoms with E-state index in [1.807, 2.05) is 30.3 Å². The Morgan fingerprint density at radius 2 is 1.95 bits per heavy atom. The maximum Gasteiger partial charge on any atom is 0.310 e. The third kappa shape index (κ3) is 5.11. The Morgan fingerprint density at radius 1 is 1.12 bits per heavy atom. The molecule has 0 bridgehead atoms. The van der Waals surface area contributed by atoms with E-state index in [0.29, 0.717) is 12.4 Å². The maximum absolute atomic E-state index is 13.7. The second-order valence-corrected chi connectivity index (χ2v) is 13.1. The second-order valence-electron chi connectivity index (χ2n) is 13.1. The summed E-state index contributed by atoms with van der Waals surface area (Å²) in [6, 6.07) is 12.6. The van der Waals surface area contributed by atoms with Crippen LogP contribution in [0.25, 0.3) is 0 Å². The Bertz CT molecular complexity index is 1340. The van der Waals surface area contributed by atoms with E-state index in [-0.39, 0.29) is 53.8 Å². The number of nitrogens with zero attached hydrogens (tertiary/aromatic N) is 1. The number of halogens is 1. The van der Waals surface area contributed by atoms with Gasteiger partial charge < -0.3 is 23.8 Å². The minimum absolute atomic E-state index is 0.0192. The molecule has 2 aromatic rings. The number of hydrogen-bond donors (Lipinski definition) is 0. The zero-order chi connectivity index (χ0) is 28.1. The van der Waals surface area contributed by atoms with Gasteiger partial charge in [0.1, 0.15) is 17.7 Å². The molecule has 0 aromatic heterocycles. The number of carbonyl (C=O) groups is 1. The molecule has 2 aliphatic carbocycles. The number of allylic oxidation sites excluding steroid dienone is 2. The van der Waals surface area contributed by atoms with Gasteiger partial charge in [0, 0.05) is 31.0 Å². The minimum Gasteiger partial charge on any atom is -0.493 e. The van der Waals surface area contributed by atoms with E-state index in [0.717, 1.165) is 56.0 Å². The third-order valence-corrected chi connectivity index (χ3v) is 10.6. The Balaban J connectivity index is 1.07. The molecule has 0 radical (unpaired) electrons. The standard InChI is InChI=1S/C34H40FNO5/c1-21-4-3-12-34(2)16-32-27(15-29(21)34)28(33(37)41-32)18-36-13-11-26(22-5-7-24(35)8-6-22)23(17-36)19-38-25-9-10-30-31(14-25)40-20-39-30/h5-10,14,23,26-28,32H,3-4,11-13,15-20H2,1-2H3/t23-,26-,27+,28-,32+,34+/m0/s1. The molecule has 0 unspecified atom stereocenters. The zero-order valence-corrected chi connectivity index (χ0v) is 24.1. The molecule has 6 atom stereocenters. The van der Waals surface area contributed by atoms with E-state index in [4.69, 9.17) is 18.9 Å². The van der Waals surface area contributed by atoms with Crippen LogP contribution >= 0.6 is 0 Å². The largest absolute Gasteiger partial charge is 0.493 e. The van der Waals surface area contributed by atoms with Crippen molar-refractivity contribution in [2.75, 3.05) is 33.0 Å². The van der Waals surface area contributed by atoms with Gasteiger partial charge in [-0.1, -0.05) is 30.2 Å². The summed E-state index contributed by atoms with van der Waals surface area (Å²) in [7, 11) is 0. The number of piperidine rings is 1. The number of rotatable bonds is 6. The predicted molar refractivity (Wildman–Crippen MR) is 152 cm³/mol. The SMILES string of the molecule is CC1=C2C[C@@H]3[C@H](CN4CC[C@@H](c5ccc(F)cc5)[C@H](COc5ccc6c(c5)OCO6)C4)C(=O)O[C@@H]3C[C@@]2(C)CCC1. The van der Waals surface area contributed by atoms with Gasteiger partial charge in [-0.2, -0.15) is 0 Å². The van der Waals surface area contributed by atoms with Gasteiger partial charge in [-0.25, -0.2) is 4.39 Å². The van der Waals surface area contributed by atoms with Crippen molar-refractivity contribution >= 4 is 5.97 Å². The second kappa shape index (κ2) is 10.6. The quantitative estimate of drug-likeness (QED) is 0.297. The molecule has 0 N–H and O–H groups in total. The number of ether oxygens (including phenoxy) is 4. The van der Waals surface area contributed by atoms with Crippen LogP contribution in [0.15, 0.2) is 53.6 Å². The molecule has 218 valence electrons. The lowest BCUT2D eigenvalue weighted by Gasteiger charge is -2.46. The molecular weight excluding hydrogens is 521 g/mol. The van der Waals surface area contributed by atoms with E-state index < -0.39 is 0 Å². The normalized spacial score (nSPS) is 32.9. The molecule has 3 heterocycles. The molecule has 0 amide bonds. The monoisotopic (exact) mass is 561 g/mol. The minimum atomic E-state index is -0.222. The van der Waals surface area contributed by atoms with Crippen molar-refractivity contribution in [3.05, 3.63) is 65.0 Å². The molecule has 7 heteroatoms. The number of hydrogen-bond acceptors (Lipinski definition) is 6. The van der Waals surface area contributed by atoms with E-state index in [1.54, 1.807) is 17.7 Å². The summed E-state index contributed by atoms with van der Waals surface area (Å²) in [5, 5.41) is 0. The first-order valence-electron chi connectivity index (χ1n) is 15.3. The fourth-order valence-electron chi connectivity index (χ4n) is 8.36. The molecule has 2 aromatic carbocycles. The van der Waals surface area contributed by atoms with Gasteiger partial charge in [0.2, 0.25) is 6.79 Å². The average Bonchev–Trinajstić information content (AvgIpc) is 3.54. The highest BCUT2D eigenvalue weighted by molar-refractivity contribution is 5.76. The molecule has 3 fully saturated rings. The van der Waals surface area contributed by atoms with Crippen LogP contribution in [0.1, 0.15) is 63.9 Å². The topological polar surface area (TPSA) is 57.2 Å². The van der Waals surface area contributed by atoms with Gasteiger partial charge >= 0.3 is 5.97 Å². The highest BCUT2D eigenvalue weighted by Crippen LogP contribution is 2.55. The lowest BCUT2D eigenvalue weighted by atomic mass is 9.59. The Hall–Kier alpha value is -3.06. The number of likely N-dealkylation sites (tertiary alicyclic amines) is 1. The number of fused-ring (bicyclic) bond motifs is 3. The van der Waals surface area contributed by atoms with Crippen molar-refractivity contribution in [2.24, 2.45) is 23.2 Å². The highest BCUT2D eigenvalue weighted by atomic mass is 19.1. The van der Waals surface area contributed by atoms with Crippen LogP contribution in [-0.2, 0) is 9.53 Å². The first-order chi connectivity index (χ1) is 19.9. The van der Waals surface area contributed by atoms with Crippen LogP contribution in [0.4, 0.5) is 4.39 Å². The van der Waals surface area contributed by atoms with Crippen molar-refractivity contribution in [1.29, 1.82) is 0 Å². The Morgan fingerprint density at radius 3 is 2.80 bits per heavy atom. The molecule has 2 saturated heterocycles. The van der Waals surface area contributed by atoms with Crippen molar-refractivity contribution in [1.82, 2.24) is 4.90 Å². The maximum atomic E-state index is 13.7.